The summed E-state index contributed by atoms with van der Waals surface area (Å²) < 4.78 is 0.784. The van der Waals surface area contributed by atoms with Crippen molar-refractivity contribution in [3.63, 3.8) is 0 Å². The van der Waals surface area contributed by atoms with Gasteiger partial charge in [0, 0.05) is 10.6 Å². The van der Waals surface area contributed by atoms with Gasteiger partial charge in [-0.05, 0) is 40.5 Å². The normalized spacial score (nSPS) is 10.5. The number of hydrogen-bond donors (Lipinski definition) is 0. The highest BCUT2D eigenvalue weighted by Gasteiger charge is 2.07. The molecule has 2 nitrogen and oxygen atoms in total. The van der Waals surface area contributed by atoms with Crippen LogP contribution in [0, 0.1) is 6.92 Å². The summed E-state index contributed by atoms with van der Waals surface area (Å²) in [6, 6.07) is 5.76. The average molecular weight is 290 g/mol. The zero-order chi connectivity index (χ0) is 10.1. The molecule has 14 heavy (non-hydrogen) atoms. The minimum atomic E-state index is 0.719. The molecule has 2 aromatic rings. The lowest BCUT2D eigenvalue weighted by molar-refractivity contribution is 1.07. The van der Waals surface area contributed by atoms with Crippen LogP contribution in [0.5, 0.6) is 0 Å². The highest BCUT2D eigenvalue weighted by molar-refractivity contribution is 9.11. The first kappa shape index (κ1) is 10.1. The topological polar surface area (TPSA) is 25.8 Å². The summed E-state index contributed by atoms with van der Waals surface area (Å²) >= 11 is 10.7. The fourth-order valence-electron chi connectivity index (χ4n) is 1.14. The summed E-state index contributed by atoms with van der Waals surface area (Å²) in [5, 5.41) is 9.56. The second-order valence-corrected chi connectivity index (χ2v) is 5.51. The van der Waals surface area contributed by atoms with Crippen LogP contribution in [-0.2, 0) is 0 Å². The average Bonchev–Trinajstić information content (AvgIpc) is 2.56. The predicted octanol–water partition coefficient (Wildman–Crippen LogP) is 3.93. The van der Waals surface area contributed by atoms with E-state index in [0.717, 1.165) is 25.1 Å². The van der Waals surface area contributed by atoms with E-state index in [1.165, 1.54) is 11.3 Å². The van der Waals surface area contributed by atoms with Crippen LogP contribution in [-0.4, -0.2) is 10.2 Å². The van der Waals surface area contributed by atoms with E-state index in [9.17, 15) is 0 Å². The zero-order valence-electron chi connectivity index (χ0n) is 7.29. The van der Waals surface area contributed by atoms with Gasteiger partial charge in [-0.15, -0.1) is 10.2 Å². The molecule has 0 fully saturated rings. The third kappa shape index (κ3) is 1.97. The molecule has 0 aliphatic heterocycles. The molecule has 1 aromatic heterocycles. The molecule has 0 spiro atoms. The van der Waals surface area contributed by atoms with Gasteiger partial charge in [0.2, 0.25) is 0 Å². The molecule has 0 aliphatic carbocycles. The lowest BCUT2D eigenvalue weighted by Crippen LogP contribution is -1.82. The maximum Gasteiger partial charge on any atom is 0.183 e. The van der Waals surface area contributed by atoms with Crippen LogP contribution in [0.15, 0.2) is 22.1 Å². The van der Waals surface area contributed by atoms with Gasteiger partial charge in [-0.1, -0.05) is 29.0 Å². The van der Waals surface area contributed by atoms with Crippen molar-refractivity contribution >= 4 is 38.9 Å². The van der Waals surface area contributed by atoms with Crippen LogP contribution in [0.1, 0.15) is 5.56 Å². The van der Waals surface area contributed by atoms with Gasteiger partial charge in [-0.2, -0.15) is 0 Å². The van der Waals surface area contributed by atoms with Crippen molar-refractivity contribution < 1.29 is 0 Å². The molecule has 72 valence electrons. The molecule has 0 saturated carbocycles. The summed E-state index contributed by atoms with van der Waals surface area (Å²) in [4.78, 5) is 0. The second-order valence-electron chi connectivity index (χ2n) is 2.82. The number of halogens is 2. The van der Waals surface area contributed by atoms with Crippen molar-refractivity contribution in [2.45, 2.75) is 6.92 Å². The Bertz CT molecular complexity index is 470. The summed E-state index contributed by atoms with van der Waals surface area (Å²) in [7, 11) is 0. The first-order valence-electron chi connectivity index (χ1n) is 3.92. The molecule has 0 unspecified atom stereocenters. The van der Waals surface area contributed by atoms with Crippen molar-refractivity contribution in [1.29, 1.82) is 0 Å². The quantitative estimate of drug-likeness (QED) is 0.795. The van der Waals surface area contributed by atoms with E-state index >= 15 is 0 Å². The summed E-state index contributed by atoms with van der Waals surface area (Å²) in [6.07, 6.45) is 0. The van der Waals surface area contributed by atoms with Crippen LogP contribution in [0.25, 0.3) is 10.6 Å². The van der Waals surface area contributed by atoms with E-state index < -0.39 is 0 Å². The minimum absolute atomic E-state index is 0.719. The fourth-order valence-corrected chi connectivity index (χ4v) is 2.50. The van der Waals surface area contributed by atoms with Crippen molar-refractivity contribution in [2.24, 2.45) is 0 Å². The van der Waals surface area contributed by atoms with Crippen LogP contribution in [0.4, 0.5) is 0 Å². The fraction of sp³-hybridized carbons (Fsp3) is 0.111. The Labute approximate surface area is 99.1 Å². The number of benzene rings is 1. The number of hydrogen-bond acceptors (Lipinski definition) is 3. The number of nitrogens with zero attached hydrogens (tertiary/aromatic N) is 2. The van der Waals surface area contributed by atoms with E-state index in [1.54, 1.807) is 0 Å². The molecule has 0 radical (unpaired) electrons. The molecule has 0 atom stereocenters. The Morgan fingerprint density at radius 3 is 2.79 bits per heavy atom. The predicted molar refractivity (Wildman–Crippen MR) is 62.8 cm³/mol. The highest BCUT2D eigenvalue weighted by Crippen LogP contribution is 2.30. The van der Waals surface area contributed by atoms with Gasteiger partial charge >= 0.3 is 0 Å². The van der Waals surface area contributed by atoms with E-state index in [4.69, 9.17) is 11.6 Å². The summed E-state index contributed by atoms with van der Waals surface area (Å²) in [5.74, 6) is 0. The van der Waals surface area contributed by atoms with Crippen LogP contribution in [0.3, 0.4) is 0 Å². The Balaban J connectivity index is 2.55. The first-order valence-corrected chi connectivity index (χ1v) is 5.91. The standard InChI is InChI=1S/C9H6BrClN2S/c1-5-2-3-6(11)4-7(5)8-12-13-9(10)14-8/h2-4H,1H3. The second kappa shape index (κ2) is 3.96. The minimum Gasteiger partial charge on any atom is -0.137 e. The molecule has 2 rings (SSSR count). The van der Waals surface area contributed by atoms with E-state index in [2.05, 4.69) is 26.1 Å². The van der Waals surface area contributed by atoms with E-state index in [-0.39, 0.29) is 0 Å². The van der Waals surface area contributed by atoms with Gasteiger partial charge in [0.15, 0.2) is 3.92 Å². The van der Waals surface area contributed by atoms with Gasteiger partial charge in [-0.25, -0.2) is 0 Å². The molecule has 0 N–H and O–H groups in total. The smallest absolute Gasteiger partial charge is 0.137 e. The lowest BCUT2D eigenvalue weighted by atomic mass is 10.1. The van der Waals surface area contributed by atoms with Gasteiger partial charge in [0.05, 0.1) is 0 Å². The maximum absolute atomic E-state index is 5.92. The maximum atomic E-state index is 5.92. The number of aryl methyl sites for hydroxylation is 1. The molecule has 0 amide bonds. The molecule has 1 aromatic carbocycles. The Morgan fingerprint density at radius 1 is 1.36 bits per heavy atom. The molecule has 0 bridgehead atoms. The van der Waals surface area contributed by atoms with E-state index in [0.29, 0.717) is 0 Å². The lowest BCUT2D eigenvalue weighted by Gasteiger charge is -2.00. The first-order chi connectivity index (χ1) is 6.66. The van der Waals surface area contributed by atoms with E-state index in [1.807, 2.05) is 25.1 Å². The summed E-state index contributed by atoms with van der Waals surface area (Å²) in [6.45, 7) is 2.03. The van der Waals surface area contributed by atoms with Crippen molar-refractivity contribution in [2.75, 3.05) is 0 Å². The SMILES string of the molecule is Cc1ccc(Cl)cc1-c1nnc(Br)s1. The number of aromatic nitrogens is 2. The zero-order valence-corrected chi connectivity index (χ0v) is 10.4. The van der Waals surface area contributed by atoms with Gasteiger partial charge < -0.3 is 0 Å². The third-order valence-electron chi connectivity index (χ3n) is 1.83. The van der Waals surface area contributed by atoms with Gasteiger partial charge in [-0.3, -0.25) is 0 Å². The van der Waals surface area contributed by atoms with Crippen molar-refractivity contribution in [3.8, 4) is 10.6 Å². The summed E-state index contributed by atoms with van der Waals surface area (Å²) in [5.41, 5.74) is 2.19. The van der Waals surface area contributed by atoms with Crippen LogP contribution < -0.4 is 0 Å². The largest absolute Gasteiger partial charge is 0.183 e. The van der Waals surface area contributed by atoms with Gasteiger partial charge in [0.25, 0.3) is 0 Å². The molecular formula is C9H6BrClN2S. The molecule has 5 heteroatoms. The molecule has 0 saturated heterocycles. The molecule has 0 aliphatic rings. The third-order valence-corrected chi connectivity index (χ3v) is 3.45. The highest BCUT2D eigenvalue weighted by atomic mass is 79.9. The Hall–Kier alpha value is -0.450. The molecule has 1 heterocycles. The van der Waals surface area contributed by atoms with Gasteiger partial charge in [0.1, 0.15) is 5.01 Å². The Morgan fingerprint density at radius 2 is 2.14 bits per heavy atom. The Kier molecular flexibility index (Phi) is 2.85. The van der Waals surface area contributed by atoms with Crippen LogP contribution in [0.2, 0.25) is 5.02 Å². The molecular weight excluding hydrogens is 284 g/mol. The van der Waals surface area contributed by atoms with Crippen molar-refractivity contribution in [1.82, 2.24) is 10.2 Å². The van der Waals surface area contributed by atoms with Crippen LogP contribution >= 0.6 is 38.9 Å². The monoisotopic (exact) mass is 288 g/mol. The number of rotatable bonds is 1. The van der Waals surface area contributed by atoms with Crippen molar-refractivity contribution in [3.05, 3.63) is 32.7 Å².